The maximum atomic E-state index is 14.6. The van der Waals surface area contributed by atoms with E-state index in [0.717, 1.165) is 34.5 Å². The molecule has 3 fully saturated rings. The fraction of sp³-hybridized carbons (Fsp3) is 0.436. The first kappa shape index (κ1) is 35.7. The molecule has 15 heteroatoms. The highest BCUT2D eigenvalue weighted by Crippen LogP contribution is 2.46. The molecular weight excluding hydrogens is 711 g/mol. The molecule has 5 atom stereocenters. The number of aromatic nitrogens is 3. The molecule has 3 N–H and O–H groups in total. The van der Waals surface area contributed by atoms with E-state index in [1.807, 2.05) is 60.7 Å². The van der Waals surface area contributed by atoms with Gasteiger partial charge in [-0.25, -0.2) is 13.4 Å². The van der Waals surface area contributed by atoms with Crippen LogP contribution in [0, 0.1) is 5.92 Å². The minimum absolute atomic E-state index is 0.00823. The minimum Gasteiger partial charge on any atom is -0.472 e. The number of rotatable bonds is 7. The maximum absolute atomic E-state index is 14.6. The Hall–Kier alpha value is -5.31. The van der Waals surface area contributed by atoms with Gasteiger partial charge in [-0.15, -0.1) is 0 Å². The summed E-state index contributed by atoms with van der Waals surface area (Å²) in [5, 5.41) is 12.0. The lowest BCUT2D eigenvalue weighted by Crippen LogP contribution is -2.58. The fourth-order valence-corrected chi connectivity index (χ4v) is 9.10. The molecule has 2 saturated carbocycles. The third-order valence-electron chi connectivity index (χ3n) is 10.9. The van der Waals surface area contributed by atoms with Crippen molar-refractivity contribution in [3.8, 4) is 5.88 Å². The number of carbonyl (C=O) groups excluding carboxylic acids is 4. The zero-order chi connectivity index (χ0) is 37.6. The lowest BCUT2D eigenvalue weighted by Gasteiger charge is -2.29. The molecule has 2 aliphatic carbocycles. The Bertz CT molecular complexity index is 2290. The number of hydrogen-bond acceptors (Lipinski definition) is 9. The number of nitrogens with one attached hydrogen (secondary N) is 3. The smallest absolute Gasteiger partial charge is 0.272 e. The van der Waals surface area contributed by atoms with Gasteiger partial charge in [0.15, 0.2) is 0 Å². The van der Waals surface area contributed by atoms with Crippen molar-refractivity contribution in [2.75, 3.05) is 6.54 Å². The summed E-state index contributed by atoms with van der Waals surface area (Å²) in [5.41, 5.74) is -0.606. The molecule has 4 aliphatic rings. The van der Waals surface area contributed by atoms with E-state index in [4.69, 9.17) is 9.72 Å². The van der Waals surface area contributed by atoms with E-state index in [1.54, 1.807) is 19.3 Å². The van der Waals surface area contributed by atoms with Crippen LogP contribution in [0.2, 0.25) is 0 Å². The highest BCUT2D eigenvalue weighted by molar-refractivity contribution is 7.91. The quantitative estimate of drug-likeness (QED) is 0.189. The van der Waals surface area contributed by atoms with Gasteiger partial charge >= 0.3 is 0 Å². The van der Waals surface area contributed by atoms with Crippen LogP contribution in [0.25, 0.3) is 21.7 Å². The van der Waals surface area contributed by atoms with Crippen LogP contribution in [0.4, 0.5) is 0 Å². The van der Waals surface area contributed by atoms with E-state index in [1.165, 1.54) is 9.58 Å². The Kier molecular flexibility index (Phi) is 9.36. The molecular formula is C39H43N7O7S. The van der Waals surface area contributed by atoms with Gasteiger partial charge in [-0.3, -0.25) is 28.6 Å². The summed E-state index contributed by atoms with van der Waals surface area (Å²) in [7, 11) is -2.19. The summed E-state index contributed by atoms with van der Waals surface area (Å²) in [6, 6.07) is 15.0. The number of hydrogen-bond donors (Lipinski definition) is 3. The number of fused-ring (bicyclic) bond motifs is 5. The Balaban J connectivity index is 1.12. The van der Waals surface area contributed by atoms with Crippen LogP contribution in [0.15, 0.2) is 72.9 Å². The standard InChI is InChI=1S/C39H43N7O7S/c1-45-20-19-31(43-45)34(47)40-32-16-6-4-2-3-5-11-24-22-39(24,38(50)44-54(51,52)26-17-18-26)42-35(48)33-21-25(23-46(33)37(32)49)53-36-29-14-8-7-12-27(29)28-13-9-10-15-30(28)41-36/h5,7-15,19-20,24-26,32-33H,2-4,6,16-18,21-23H2,1H3,(H,40,47)(H,42,48)(H,44,50)/b11-5-. The Morgan fingerprint density at radius 2 is 1.72 bits per heavy atom. The van der Waals surface area contributed by atoms with Crippen molar-refractivity contribution in [1.82, 2.24) is 35.0 Å². The summed E-state index contributed by atoms with van der Waals surface area (Å²) in [5.74, 6) is -2.42. The van der Waals surface area contributed by atoms with E-state index in [9.17, 15) is 27.6 Å². The van der Waals surface area contributed by atoms with Gasteiger partial charge in [0, 0.05) is 36.4 Å². The number of sulfonamides is 1. The van der Waals surface area contributed by atoms with Gasteiger partial charge in [0.25, 0.3) is 11.8 Å². The van der Waals surface area contributed by atoms with Crippen molar-refractivity contribution in [1.29, 1.82) is 0 Å². The first-order valence-corrected chi connectivity index (χ1v) is 20.2. The first-order valence-electron chi connectivity index (χ1n) is 18.6. The second-order valence-corrected chi connectivity index (χ2v) is 16.8. The van der Waals surface area contributed by atoms with Crippen LogP contribution in [-0.2, 0) is 31.5 Å². The largest absolute Gasteiger partial charge is 0.472 e. The van der Waals surface area contributed by atoms with Crippen LogP contribution in [0.1, 0.15) is 68.3 Å². The zero-order valence-corrected chi connectivity index (χ0v) is 30.8. The van der Waals surface area contributed by atoms with Gasteiger partial charge in [-0.05, 0) is 62.1 Å². The molecule has 4 amide bonds. The van der Waals surface area contributed by atoms with Gasteiger partial charge < -0.3 is 20.3 Å². The molecule has 5 unspecified atom stereocenters. The fourth-order valence-electron chi connectivity index (χ4n) is 7.74. The van der Waals surface area contributed by atoms with Crippen molar-refractivity contribution < 1.29 is 32.3 Å². The van der Waals surface area contributed by atoms with E-state index in [2.05, 4.69) is 20.5 Å². The van der Waals surface area contributed by atoms with E-state index < -0.39 is 68.5 Å². The number of carbonyl (C=O) groups is 4. The van der Waals surface area contributed by atoms with Gasteiger partial charge in [-0.2, -0.15) is 5.10 Å². The number of benzene rings is 2. The second kappa shape index (κ2) is 14.2. The molecule has 4 aromatic rings. The number of allylic oxidation sites excluding steroid dienone is 1. The molecule has 2 aromatic heterocycles. The van der Waals surface area contributed by atoms with Crippen molar-refractivity contribution in [2.45, 2.75) is 86.8 Å². The molecule has 4 heterocycles. The molecule has 0 spiro atoms. The maximum Gasteiger partial charge on any atom is 0.272 e. The van der Waals surface area contributed by atoms with Gasteiger partial charge in [0.2, 0.25) is 27.7 Å². The highest BCUT2D eigenvalue weighted by Gasteiger charge is 2.62. The summed E-state index contributed by atoms with van der Waals surface area (Å²) < 4.78 is 36.0. The number of aryl methyl sites for hydroxylation is 1. The molecule has 2 aliphatic heterocycles. The molecule has 0 bridgehead atoms. The average molecular weight is 754 g/mol. The van der Waals surface area contributed by atoms with Crippen LogP contribution >= 0.6 is 0 Å². The summed E-state index contributed by atoms with van der Waals surface area (Å²) in [6.45, 7) is 0.00823. The number of ether oxygens (including phenoxy) is 1. The first-order chi connectivity index (χ1) is 26.0. The van der Waals surface area contributed by atoms with Crippen molar-refractivity contribution in [3.63, 3.8) is 0 Å². The molecule has 282 valence electrons. The number of nitrogens with zero attached hydrogens (tertiary/aromatic N) is 4. The van der Waals surface area contributed by atoms with E-state index in [0.29, 0.717) is 38.0 Å². The number of pyridine rings is 1. The van der Waals surface area contributed by atoms with E-state index >= 15 is 0 Å². The van der Waals surface area contributed by atoms with Crippen LogP contribution < -0.4 is 20.1 Å². The Morgan fingerprint density at radius 1 is 0.963 bits per heavy atom. The third-order valence-corrected chi connectivity index (χ3v) is 12.8. The number of para-hydroxylation sites is 1. The third kappa shape index (κ3) is 7.04. The lowest BCUT2D eigenvalue weighted by molar-refractivity contribution is -0.141. The minimum atomic E-state index is -3.89. The lowest BCUT2D eigenvalue weighted by atomic mass is 10.0. The normalized spacial score (nSPS) is 26.9. The van der Waals surface area contributed by atoms with Crippen LogP contribution in [0.3, 0.4) is 0 Å². The summed E-state index contributed by atoms with van der Waals surface area (Å²) >= 11 is 0. The van der Waals surface area contributed by atoms with Gasteiger partial charge in [0.05, 0.1) is 17.3 Å². The van der Waals surface area contributed by atoms with Crippen molar-refractivity contribution in [3.05, 3.63) is 78.6 Å². The predicted octanol–water partition coefficient (Wildman–Crippen LogP) is 3.27. The zero-order valence-electron chi connectivity index (χ0n) is 29.9. The average Bonchev–Trinajstić information content (AvgIpc) is 4.05. The van der Waals surface area contributed by atoms with Crippen molar-refractivity contribution in [2.24, 2.45) is 13.0 Å². The highest BCUT2D eigenvalue weighted by atomic mass is 32.2. The number of amides is 4. The monoisotopic (exact) mass is 753 g/mol. The van der Waals surface area contributed by atoms with Gasteiger partial charge in [0.1, 0.15) is 29.4 Å². The molecule has 8 rings (SSSR count). The second-order valence-electron chi connectivity index (χ2n) is 14.9. The topological polar surface area (TPSA) is 182 Å². The molecule has 2 aromatic carbocycles. The Morgan fingerprint density at radius 3 is 2.48 bits per heavy atom. The van der Waals surface area contributed by atoms with Gasteiger partial charge in [-0.1, -0.05) is 61.4 Å². The summed E-state index contributed by atoms with van der Waals surface area (Å²) in [6.07, 6.45) is 9.29. The molecule has 0 radical (unpaired) electrons. The molecule has 54 heavy (non-hydrogen) atoms. The van der Waals surface area contributed by atoms with Crippen LogP contribution in [-0.4, -0.2) is 87.2 Å². The van der Waals surface area contributed by atoms with Crippen molar-refractivity contribution >= 4 is 55.3 Å². The molecule has 14 nitrogen and oxygen atoms in total. The summed E-state index contributed by atoms with van der Waals surface area (Å²) in [4.78, 5) is 62.4. The SMILES string of the molecule is Cn1ccc(C(=O)NC2CCCCC/C=C\C3CC3(C(=O)NS(=O)(=O)C3CC3)NC(=O)C3CC(Oc4nc5ccccc5c5ccccc45)CN3C2=O)n1. The molecule has 1 saturated heterocycles. The predicted molar refractivity (Wildman–Crippen MR) is 200 cm³/mol. The van der Waals surface area contributed by atoms with Crippen LogP contribution in [0.5, 0.6) is 5.88 Å². The van der Waals surface area contributed by atoms with E-state index in [-0.39, 0.29) is 25.1 Å². The Labute approximate surface area is 312 Å².